The van der Waals surface area contributed by atoms with Crippen LogP contribution in [-0.4, -0.2) is 61.2 Å². The fourth-order valence-electron chi connectivity index (χ4n) is 2.88. The summed E-state index contributed by atoms with van der Waals surface area (Å²) in [5, 5.41) is 0.722. The van der Waals surface area contributed by atoms with Gasteiger partial charge in [-0.25, -0.2) is 17.7 Å². The topological polar surface area (TPSA) is 79.3 Å². The van der Waals surface area contributed by atoms with Crippen LogP contribution in [0, 0.1) is 6.92 Å². The SMILES string of the molecule is Cc1ccccc1OCC(=O)N1CC(C)SC1=Nc1cccc(S(=O)(=O)N(C)C)c1. The number of aliphatic imine (C=N–C) groups is 1. The number of ether oxygens (including phenoxy) is 1. The monoisotopic (exact) mass is 447 g/mol. The normalized spacial score (nSPS) is 18.2. The Morgan fingerprint density at radius 1 is 1.23 bits per heavy atom. The Bertz CT molecular complexity index is 1070. The molecular formula is C21H25N3O4S2. The molecule has 1 atom stereocenters. The zero-order valence-corrected chi connectivity index (χ0v) is 19.0. The standard InChI is InChI=1S/C21H25N3O4S2/c1-15-8-5-6-11-19(15)28-14-20(25)24-13-16(2)29-21(24)22-17-9-7-10-18(12-17)30(26,27)23(3)4/h5-12,16H,13-14H2,1-4H3. The summed E-state index contributed by atoms with van der Waals surface area (Å²) in [5.41, 5.74) is 1.44. The van der Waals surface area contributed by atoms with Gasteiger partial charge in [0.25, 0.3) is 5.91 Å². The van der Waals surface area contributed by atoms with Crippen LogP contribution in [0.25, 0.3) is 0 Å². The minimum atomic E-state index is -3.56. The second-order valence-corrected chi connectivity index (χ2v) is 10.7. The maximum absolute atomic E-state index is 12.8. The number of nitrogens with zero attached hydrogens (tertiary/aromatic N) is 3. The lowest BCUT2D eigenvalue weighted by Crippen LogP contribution is -2.36. The maximum Gasteiger partial charge on any atom is 0.266 e. The number of hydrogen-bond donors (Lipinski definition) is 0. The number of sulfonamides is 1. The molecule has 2 aromatic carbocycles. The van der Waals surface area contributed by atoms with Crippen molar-refractivity contribution < 1.29 is 17.9 Å². The zero-order valence-electron chi connectivity index (χ0n) is 17.4. The molecule has 0 saturated carbocycles. The van der Waals surface area contributed by atoms with Crippen molar-refractivity contribution in [2.24, 2.45) is 4.99 Å². The highest BCUT2D eigenvalue weighted by Crippen LogP contribution is 2.29. The van der Waals surface area contributed by atoms with Gasteiger partial charge in [0.05, 0.1) is 10.6 Å². The summed E-state index contributed by atoms with van der Waals surface area (Å²) in [6, 6.07) is 13.9. The second-order valence-electron chi connectivity index (χ2n) is 7.17. The molecule has 160 valence electrons. The smallest absolute Gasteiger partial charge is 0.266 e. The summed E-state index contributed by atoms with van der Waals surface area (Å²) in [5.74, 6) is 0.483. The molecule has 0 aliphatic carbocycles. The average molecular weight is 448 g/mol. The molecule has 1 saturated heterocycles. The number of amidine groups is 1. The molecule has 1 aliphatic heterocycles. The van der Waals surface area contributed by atoms with E-state index in [1.54, 1.807) is 17.0 Å². The van der Waals surface area contributed by atoms with Gasteiger partial charge in [0.15, 0.2) is 11.8 Å². The lowest BCUT2D eigenvalue weighted by atomic mass is 10.2. The summed E-state index contributed by atoms with van der Waals surface area (Å²) >= 11 is 1.48. The Labute approximate surface area is 181 Å². The van der Waals surface area contributed by atoms with E-state index in [-0.39, 0.29) is 22.7 Å². The van der Waals surface area contributed by atoms with E-state index in [1.165, 1.54) is 38.0 Å². The lowest BCUT2D eigenvalue weighted by Gasteiger charge is -2.17. The van der Waals surface area contributed by atoms with Crippen LogP contribution >= 0.6 is 11.8 Å². The van der Waals surface area contributed by atoms with Gasteiger partial charge in [-0.1, -0.05) is 43.0 Å². The summed E-state index contributed by atoms with van der Waals surface area (Å²) in [7, 11) is -0.593. The Balaban J connectivity index is 1.80. The number of para-hydroxylation sites is 1. The van der Waals surface area contributed by atoms with Crippen molar-refractivity contribution in [3.63, 3.8) is 0 Å². The summed E-state index contributed by atoms with van der Waals surface area (Å²) in [6.45, 7) is 4.37. The van der Waals surface area contributed by atoms with Gasteiger partial charge < -0.3 is 4.74 Å². The third kappa shape index (κ3) is 5.03. The highest BCUT2D eigenvalue weighted by atomic mass is 32.2. The van der Waals surface area contributed by atoms with E-state index < -0.39 is 10.0 Å². The zero-order chi connectivity index (χ0) is 21.9. The second kappa shape index (κ2) is 9.20. The van der Waals surface area contributed by atoms with Gasteiger partial charge in [-0.15, -0.1) is 0 Å². The Kier molecular flexibility index (Phi) is 6.84. The molecule has 1 fully saturated rings. The number of rotatable bonds is 6. The summed E-state index contributed by atoms with van der Waals surface area (Å²) in [6.07, 6.45) is 0. The van der Waals surface area contributed by atoms with E-state index in [4.69, 9.17) is 4.74 Å². The molecule has 0 spiro atoms. The third-order valence-corrected chi connectivity index (χ3v) is 7.43. The van der Waals surface area contributed by atoms with Crippen LogP contribution in [0.5, 0.6) is 5.75 Å². The highest BCUT2D eigenvalue weighted by Gasteiger charge is 2.31. The highest BCUT2D eigenvalue weighted by molar-refractivity contribution is 8.14. The first-order valence-electron chi connectivity index (χ1n) is 9.45. The van der Waals surface area contributed by atoms with Crippen molar-refractivity contribution in [3.05, 3.63) is 54.1 Å². The molecule has 1 aliphatic rings. The lowest BCUT2D eigenvalue weighted by molar-refractivity contribution is -0.129. The predicted octanol–water partition coefficient (Wildman–Crippen LogP) is 3.28. The largest absolute Gasteiger partial charge is 0.483 e. The molecule has 9 heteroatoms. The maximum atomic E-state index is 12.8. The number of thioether (sulfide) groups is 1. The van der Waals surface area contributed by atoms with Crippen molar-refractivity contribution >= 4 is 38.5 Å². The number of hydrogen-bond acceptors (Lipinski definition) is 6. The fourth-order valence-corrected chi connectivity index (χ4v) is 4.87. The first kappa shape index (κ1) is 22.3. The molecule has 7 nitrogen and oxygen atoms in total. The molecule has 0 N–H and O–H groups in total. The number of amides is 1. The van der Waals surface area contributed by atoms with Crippen LogP contribution in [0.15, 0.2) is 58.4 Å². The van der Waals surface area contributed by atoms with Gasteiger partial charge >= 0.3 is 0 Å². The first-order valence-corrected chi connectivity index (χ1v) is 11.8. The van der Waals surface area contributed by atoms with Gasteiger partial charge in [-0.2, -0.15) is 0 Å². The Morgan fingerprint density at radius 3 is 2.67 bits per heavy atom. The number of aryl methyl sites for hydroxylation is 1. The summed E-state index contributed by atoms with van der Waals surface area (Å²) < 4.78 is 31.6. The Morgan fingerprint density at radius 2 is 1.97 bits per heavy atom. The van der Waals surface area contributed by atoms with Crippen LogP contribution in [0.4, 0.5) is 5.69 Å². The van der Waals surface area contributed by atoms with Crippen LogP contribution < -0.4 is 4.74 Å². The Hall–Kier alpha value is -2.36. The first-order chi connectivity index (χ1) is 14.2. The van der Waals surface area contributed by atoms with E-state index >= 15 is 0 Å². The minimum Gasteiger partial charge on any atom is -0.483 e. The fraction of sp³-hybridized carbons (Fsp3) is 0.333. The average Bonchev–Trinajstić information content (AvgIpc) is 3.07. The van der Waals surface area contributed by atoms with E-state index in [0.29, 0.717) is 23.1 Å². The molecule has 1 heterocycles. The predicted molar refractivity (Wildman–Crippen MR) is 120 cm³/mol. The number of carbonyl (C=O) groups excluding carboxylic acids is 1. The molecule has 2 aromatic rings. The van der Waals surface area contributed by atoms with Gasteiger partial charge in [0.1, 0.15) is 5.75 Å². The minimum absolute atomic E-state index is 0.0911. The molecule has 30 heavy (non-hydrogen) atoms. The summed E-state index contributed by atoms with van der Waals surface area (Å²) in [4.78, 5) is 19.1. The molecular weight excluding hydrogens is 422 g/mol. The van der Waals surface area contributed by atoms with Crippen molar-refractivity contribution in [2.45, 2.75) is 24.0 Å². The van der Waals surface area contributed by atoms with Crippen LogP contribution in [0.3, 0.4) is 0 Å². The molecule has 0 radical (unpaired) electrons. The van der Waals surface area contributed by atoms with Crippen LogP contribution in [0.2, 0.25) is 0 Å². The number of benzene rings is 2. The van der Waals surface area contributed by atoms with Crippen molar-refractivity contribution in [2.75, 3.05) is 27.2 Å². The quantitative estimate of drug-likeness (QED) is 0.679. The molecule has 3 rings (SSSR count). The van der Waals surface area contributed by atoms with E-state index in [1.807, 2.05) is 38.1 Å². The van der Waals surface area contributed by atoms with E-state index in [2.05, 4.69) is 4.99 Å². The van der Waals surface area contributed by atoms with Gasteiger partial charge in [0, 0.05) is 25.9 Å². The van der Waals surface area contributed by atoms with Gasteiger partial charge in [0.2, 0.25) is 10.0 Å². The van der Waals surface area contributed by atoms with Crippen molar-refractivity contribution in [1.82, 2.24) is 9.21 Å². The van der Waals surface area contributed by atoms with E-state index in [9.17, 15) is 13.2 Å². The van der Waals surface area contributed by atoms with Gasteiger partial charge in [-0.3, -0.25) is 9.69 Å². The molecule has 0 aromatic heterocycles. The number of carbonyl (C=O) groups is 1. The van der Waals surface area contributed by atoms with Crippen molar-refractivity contribution in [1.29, 1.82) is 0 Å². The van der Waals surface area contributed by atoms with E-state index in [0.717, 1.165) is 9.87 Å². The molecule has 1 unspecified atom stereocenters. The molecule has 1 amide bonds. The molecule has 0 bridgehead atoms. The van der Waals surface area contributed by atoms with Gasteiger partial charge in [-0.05, 0) is 36.8 Å². The van der Waals surface area contributed by atoms with Crippen molar-refractivity contribution in [3.8, 4) is 5.75 Å². The van der Waals surface area contributed by atoms with Crippen LogP contribution in [-0.2, 0) is 14.8 Å². The van der Waals surface area contributed by atoms with Crippen LogP contribution in [0.1, 0.15) is 12.5 Å². The third-order valence-electron chi connectivity index (χ3n) is 4.54.